The Hall–Kier alpha value is -0.0800. The van der Waals surface area contributed by atoms with E-state index in [0.29, 0.717) is 5.41 Å². The van der Waals surface area contributed by atoms with E-state index in [1.807, 2.05) is 0 Å². The second-order valence-electron chi connectivity index (χ2n) is 6.89. The quantitative estimate of drug-likeness (QED) is 0.641. The Kier molecular flexibility index (Phi) is 6.65. The Morgan fingerprint density at radius 3 is 2.39 bits per heavy atom. The molecule has 1 aliphatic carbocycles. The summed E-state index contributed by atoms with van der Waals surface area (Å²) in [6.07, 6.45) is 5.42. The summed E-state index contributed by atoms with van der Waals surface area (Å²) in [5.41, 5.74) is 0.437. The molecular weight excluding hydrogens is 220 g/mol. The van der Waals surface area contributed by atoms with Crippen molar-refractivity contribution in [3.63, 3.8) is 0 Å². The highest BCUT2D eigenvalue weighted by molar-refractivity contribution is 4.89. The van der Waals surface area contributed by atoms with Crippen molar-refractivity contribution in [2.75, 3.05) is 26.2 Å². The first-order valence-corrected chi connectivity index (χ1v) is 7.95. The van der Waals surface area contributed by atoms with Crippen LogP contribution in [0.25, 0.3) is 0 Å². The van der Waals surface area contributed by atoms with E-state index >= 15 is 0 Å². The first-order valence-electron chi connectivity index (χ1n) is 7.95. The van der Waals surface area contributed by atoms with Crippen LogP contribution in [-0.2, 0) is 0 Å². The minimum atomic E-state index is 0.437. The van der Waals surface area contributed by atoms with E-state index in [-0.39, 0.29) is 0 Å². The zero-order valence-corrected chi connectivity index (χ0v) is 13.3. The summed E-state index contributed by atoms with van der Waals surface area (Å²) in [5.74, 6) is 0.751. The fourth-order valence-corrected chi connectivity index (χ4v) is 2.56. The van der Waals surface area contributed by atoms with Gasteiger partial charge in [-0.2, -0.15) is 0 Å². The molecule has 18 heavy (non-hydrogen) atoms. The molecule has 1 N–H and O–H groups in total. The molecule has 108 valence electrons. The summed E-state index contributed by atoms with van der Waals surface area (Å²) in [4.78, 5) is 2.74. The topological polar surface area (TPSA) is 15.3 Å². The molecule has 1 atom stereocenters. The summed E-state index contributed by atoms with van der Waals surface area (Å²) >= 11 is 0. The maximum atomic E-state index is 3.66. The van der Waals surface area contributed by atoms with Crippen LogP contribution in [0.15, 0.2) is 0 Å². The van der Waals surface area contributed by atoms with Crippen LogP contribution in [0.4, 0.5) is 0 Å². The average molecular weight is 254 g/mol. The van der Waals surface area contributed by atoms with Crippen LogP contribution in [0.2, 0.25) is 0 Å². The van der Waals surface area contributed by atoms with Gasteiger partial charge in [-0.05, 0) is 50.1 Å². The standard InChI is InChI=1S/C16H34N2/c1-6-10-18(15-8-9-15)13-16(5,7-2)12-17-11-14(3)4/h14-15,17H,6-13H2,1-5H3. The number of nitrogens with one attached hydrogen (secondary N) is 1. The molecule has 0 aliphatic heterocycles. The third-order valence-corrected chi connectivity index (χ3v) is 4.12. The fourth-order valence-electron chi connectivity index (χ4n) is 2.56. The minimum absolute atomic E-state index is 0.437. The van der Waals surface area contributed by atoms with Gasteiger partial charge in [-0.3, -0.25) is 4.90 Å². The maximum absolute atomic E-state index is 3.66. The second-order valence-corrected chi connectivity index (χ2v) is 6.89. The van der Waals surface area contributed by atoms with Crippen molar-refractivity contribution in [3.8, 4) is 0 Å². The number of rotatable bonds is 10. The molecule has 1 aliphatic rings. The SMILES string of the molecule is CCCN(CC(C)(CC)CNCC(C)C)C1CC1. The van der Waals surface area contributed by atoms with Gasteiger partial charge in [0.05, 0.1) is 0 Å². The van der Waals surface area contributed by atoms with E-state index in [4.69, 9.17) is 0 Å². The lowest BCUT2D eigenvalue weighted by Gasteiger charge is -2.35. The van der Waals surface area contributed by atoms with Gasteiger partial charge in [0, 0.05) is 19.1 Å². The molecule has 1 fully saturated rings. The molecule has 0 aromatic heterocycles. The van der Waals surface area contributed by atoms with Gasteiger partial charge in [0.25, 0.3) is 0 Å². The number of hydrogen-bond donors (Lipinski definition) is 1. The molecule has 1 unspecified atom stereocenters. The van der Waals surface area contributed by atoms with Gasteiger partial charge < -0.3 is 5.32 Å². The third kappa shape index (κ3) is 5.71. The van der Waals surface area contributed by atoms with Crippen molar-refractivity contribution in [3.05, 3.63) is 0 Å². The average Bonchev–Trinajstić information content (AvgIpc) is 3.12. The van der Waals surface area contributed by atoms with Gasteiger partial charge >= 0.3 is 0 Å². The van der Waals surface area contributed by atoms with Gasteiger partial charge in [0.1, 0.15) is 0 Å². The van der Waals surface area contributed by atoms with Crippen molar-refractivity contribution < 1.29 is 0 Å². The van der Waals surface area contributed by atoms with Crippen molar-refractivity contribution >= 4 is 0 Å². The molecule has 0 aromatic rings. The first-order chi connectivity index (χ1) is 8.50. The Morgan fingerprint density at radius 2 is 1.94 bits per heavy atom. The van der Waals surface area contributed by atoms with Crippen LogP contribution >= 0.6 is 0 Å². The molecule has 0 amide bonds. The van der Waals surface area contributed by atoms with E-state index in [0.717, 1.165) is 25.0 Å². The van der Waals surface area contributed by atoms with Crippen molar-refractivity contribution in [2.24, 2.45) is 11.3 Å². The van der Waals surface area contributed by atoms with E-state index in [1.54, 1.807) is 0 Å². The summed E-state index contributed by atoms with van der Waals surface area (Å²) < 4.78 is 0. The zero-order chi connectivity index (χ0) is 13.6. The van der Waals surface area contributed by atoms with Crippen LogP contribution < -0.4 is 5.32 Å². The van der Waals surface area contributed by atoms with Crippen LogP contribution in [0.5, 0.6) is 0 Å². The molecule has 0 spiro atoms. The largest absolute Gasteiger partial charge is 0.316 e. The Labute approximate surface area is 115 Å². The number of hydrogen-bond acceptors (Lipinski definition) is 2. The molecule has 0 aromatic carbocycles. The van der Waals surface area contributed by atoms with Crippen molar-refractivity contribution in [1.29, 1.82) is 0 Å². The Morgan fingerprint density at radius 1 is 1.28 bits per heavy atom. The lowest BCUT2D eigenvalue weighted by atomic mass is 9.86. The Balaban J connectivity index is 2.40. The third-order valence-electron chi connectivity index (χ3n) is 4.12. The summed E-state index contributed by atoms with van der Waals surface area (Å²) in [7, 11) is 0. The first kappa shape index (κ1) is 16.0. The molecule has 0 heterocycles. The molecule has 2 heteroatoms. The highest BCUT2D eigenvalue weighted by atomic mass is 15.2. The lowest BCUT2D eigenvalue weighted by molar-refractivity contribution is 0.147. The number of nitrogens with zero attached hydrogens (tertiary/aromatic N) is 1. The smallest absolute Gasteiger partial charge is 0.00966 e. The van der Waals surface area contributed by atoms with Crippen LogP contribution in [0.3, 0.4) is 0 Å². The molecule has 1 rings (SSSR count). The highest BCUT2D eigenvalue weighted by Gasteiger charge is 2.33. The van der Waals surface area contributed by atoms with Gasteiger partial charge in [-0.15, -0.1) is 0 Å². The van der Waals surface area contributed by atoms with Gasteiger partial charge in [-0.1, -0.05) is 34.6 Å². The van der Waals surface area contributed by atoms with E-state index in [9.17, 15) is 0 Å². The second kappa shape index (κ2) is 7.49. The minimum Gasteiger partial charge on any atom is -0.316 e. The molecule has 0 bridgehead atoms. The molecule has 0 saturated heterocycles. The maximum Gasteiger partial charge on any atom is 0.00966 e. The highest BCUT2D eigenvalue weighted by Crippen LogP contribution is 2.31. The summed E-state index contributed by atoms with van der Waals surface area (Å²) in [6.45, 7) is 16.5. The Bertz CT molecular complexity index is 223. The van der Waals surface area contributed by atoms with Crippen molar-refractivity contribution in [1.82, 2.24) is 10.2 Å². The van der Waals surface area contributed by atoms with Crippen LogP contribution in [-0.4, -0.2) is 37.1 Å². The molecule has 1 saturated carbocycles. The monoisotopic (exact) mass is 254 g/mol. The van der Waals surface area contributed by atoms with E-state index in [2.05, 4.69) is 44.8 Å². The van der Waals surface area contributed by atoms with E-state index < -0.39 is 0 Å². The van der Waals surface area contributed by atoms with Gasteiger partial charge in [-0.25, -0.2) is 0 Å². The zero-order valence-electron chi connectivity index (χ0n) is 13.3. The normalized spacial score (nSPS) is 19.5. The lowest BCUT2D eigenvalue weighted by Crippen LogP contribution is -2.43. The fraction of sp³-hybridized carbons (Fsp3) is 1.00. The molecular formula is C16H34N2. The predicted octanol–water partition coefficient (Wildman–Crippen LogP) is 3.52. The van der Waals surface area contributed by atoms with Gasteiger partial charge in [0.15, 0.2) is 0 Å². The summed E-state index contributed by atoms with van der Waals surface area (Å²) in [6, 6.07) is 0.904. The van der Waals surface area contributed by atoms with Crippen LogP contribution in [0.1, 0.15) is 60.3 Å². The predicted molar refractivity (Wildman–Crippen MR) is 81.0 cm³/mol. The van der Waals surface area contributed by atoms with Crippen LogP contribution in [0, 0.1) is 11.3 Å². The molecule has 0 radical (unpaired) electrons. The summed E-state index contributed by atoms with van der Waals surface area (Å²) in [5, 5.41) is 3.66. The van der Waals surface area contributed by atoms with Gasteiger partial charge in [0.2, 0.25) is 0 Å². The molecule has 2 nitrogen and oxygen atoms in total. The van der Waals surface area contributed by atoms with E-state index in [1.165, 1.54) is 38.8 Å². The van der Waals surface area contributed by atoms with Crippen molar-refractivity contribution in [2.45, 2.75) is 66.3 Å².